The van der Waals surface area contributed by atoms with Gasteiger partial charge in [0.05, 0.1) is 7.11 Å². The average molecular weight is 360 g/mol. The van der Waals surface area contributed by atoms with Crippen molar-refractivity contribution in [2.24, 2.45) is 0 Å². The number of rotatable bonds is 4. The number of fused-ring (bicyclic) bond motifs is 1. The summed E-state index contributed by atoms with van der Waals surface area (Å²) in [6.45, 7) is 1.60. The molecule has 0 radical (unpaired) electrons. The molecule has 1 N–H and O–H groups in total. The molecule has 0 saturated carbocycles. The van der Waals surface area contributed by atoms with Gasteiger partial charge >= 0.3 is 5.97 Å². The van der Waals surface area contributed by atoms with Gasteiger partial charge in [-0.1, -0.05) is 36.4 Å². The molecule has 6 nitrogen and oxygen atoms in total. The molecule has 0 aliphatic heterocycles. The molecular formula is C21H16N2O4. The normalized spacial score (nSPS) is 11.1. The van der Waals surface area contributed by atoms with Gasteiger partial charge in [-0.2, -0.15) is 5.26 Å². The molecule has 0 unspecified atom stereocenters. The molecule has 3 rings (SSSR count). The monoisotopic (exact) mass is 360 g/mol. The number of ether oxygens (including phenoxy) is 1. The predicted molar refractivity (Wildman–Crippen MR) is 101 cm³/mol. The number of nitrogens with one attached hydrogen (secondary N) is 1. The zero-order valence-electron chi connectivity index (χ0n) is 14.8. The number of carbonyl (C=O) groups is 2. The van der Waals surface area contributed by atoms with E-state index in [9.17, 15) is 14.9 Å². The number of carbonyl (C=O) groups excluding carboxylic acids is 2. The van der Waals surface area contributed by atoms with Crippen LogP contribution in [-0.4, -0.2) is 19.0 Å². The Bertz CT molecular complexity index is 1100. The first-order valence-electron chi connectivity index (χ1n) is 8.13. The first kappa shape index (κ1) is 18.0. The minimum atomic E-state index is -0.567. The van der Waals surface area contributed by atoms with E-state index in [2.05, 4.69) is 10.1 Å². The van der Waals surface area contributed by atoms with E-state index >= 15 is 0 Å². The van der Waals surface area contributed by atoms with Crippen LogP contribution in [0.2, 0.25) is 0 Å². The van der Waals surface area contributed by atoms with Crippen LogP contribution >= 0.6 is 0 Å². The van der Waals surface area contributed by atoms with E-state index in [1.807, 2.05) is 42.5 Å². The Kier molecular flexibility index (Phi) is 5.04. The molecule has 0 bridgehead atoms. The van der Waals surface area contributed by atoms with E-state index in [0.29, 0.717) is 11.4 Å². The summed E-state index contributed by atoms with van der Waals surface area (Å²) in [5.41, 5.74) is 0.703. The lowest BCUT2D eigenvalue weighted by atomic mass is 10.1. The fourth-order valence-electron chi connectivity index (χ4n) is 2.70. The average Bonchev–Trinajstić information content (AvgIpc) is 3.06. The van der Waals surface area contributed by atoms with Crippen molar-refractivity contribution in [1.29, 1.82) is 5.26 Å². The number of methoxy groups -OCH3 is 1. The van der Waals surface area contributed by atoms with Gasteiger partial charge in [-0.15, -0.1) is 0 Å². The molecule has 0 spiro atoms. The van der Waals surface area contributed by atoms with Crippen molar-refractivity contribution < 1.29 is 18.7 Å². The van der Waals surface area contributed by atoms with E-state index in [4.69, 9.17) is 4.42 Å². The molecule has 1 amide bonds. The van der Waals surface area contributed by atoms with Gasteiger partial charge in [0.1, 0.15) is 28.7 Å². The summed E-state index contributed by atoms with van der Waals surface area (Å²) < 4.78 is 10.1. The van der Waals surface area contributed by atoms with Gasteiger partial charge in [-0.3, -0.25) is 4.79 Å². The van der Waals surface area contributed by atoms with E-state index in [0.717, 1.165) is 10.8 Å². The van der Waals surface area contributed by atoms with Gasteiger partial charge in [0.25, 0.3) is 5.91 Å². The van der Waals surface area contributed by atoms with Crippen molar-refractivity contribution in [1.82, 2.24) is 0 Å². The summed E-state index contributed by atoms with van der Waals surface area (Å²) >= 11 is 0. The lowest BCUT2D eigenvalue weighted by Crippen LogP contribution is -2.13. The Morgan fingerprint density at radius 3 is 2.67 bits per heavy atom. The lowest BCUT2D eigenvalue weighted by molar-refractivity contribution is -0.112. The van der Waals surface area contributed by atoms with Gasteiger partial charge in [0.15, 0.2) is 0 Å². The lowest BCUT2D eigenvalue weighted by Gasteiger charge is -2.08. The van der Waals surface area contributed by atoms with Crippen molar-refractivity contribution >= 4 is 34.4 Å². The molecule has 0 atom stereocenters. The van der Waals surface area contributed by atoms with Gasteiger partial charge < -0.3 is 14.5 Å². The number of esters is 1. The molecule has 134 valence electrons. The third kappa shape index (κ3) is 3.72. The SMILES string of the molecule is COC(=O)c1cc(/C=C(\C#N)C(=O)Nc2cccc3ccccc23)oc1C. The summed E-state index contributed by atoms with van der Waals surface area (Å²) in [6.07, 6.45) is 1.29. The fraction of sp³-hybridized carbons (Fsp3) is 0.0952. The van der Waals surface area contributed by atoms with Crippen LogP contribution in [0.25, 0.3) is 16.8 Å². The predicted octanol–water partition coefficient (Wildman–Crippen LogP) is 4.07. The number of aryl methyl sites for hydroxylation is 1. The highest BCUT2D eigenvalue weighted by molar-refractivity contribution is 6.12. The van der Waals surface area contributed by atoms with Crippen LogP contribution in [0.3, 0.4) is 0 Å². The van der Waals surface area contributed by atoms with Crippen LogP contribution in [0.4, 0.5) is 5.69 Å². The topological polar surface area (TPSA) is 92.3 Å². The third-order valence-corrected chi connectivity index (χ3v) is 4.03. The Morgan fingerprint density at radius 1 is 1.19 bits per heavy atom. The highest BCUT2D eigenvalue weighted by Crippen LogP contribution is 2.24. The Balaban J connectivity index is 1.89. The molecule has 3 aromatic rings. The maximum absolute atomic E-state index is 12.5. The molecule has 2 aromatic carbocycles. The van der Waals surface area contributed by atoms with Crippen LogP contribution in [0, 0.1) is 18.3 Å². The van der Waals surface area contributed by atoms with Gasteiger partial charge in [-0.25, -0.2) is 4.79 Å². The second-order valence-electron chi connectivity index (χ2n) is 5.76. The molecule has 0 saturated heterocycles. The van der Waals surface area contributed by atoms with Crippen molar-refractivity contribution in [2.75, 3.05) is 12.4 Å². The summed E-state index contributed by atoms with van der Waals surface area (Å²) in [5.74, 6) is -0.547. The van der Waals surface area contributed by atoms with Crippen LogP contribution in [0.15, 0.2) is 58.5 Å². The Hall–Kier alpha value is -3.85. The molecule has 0 aliphatic carbocycles. The summed E-state index contributed by atoms with van der Waals surface area (Å²) in [7, 11) is 1.27. The van der Waals surface area contributed by atoms with Crippen molar-refractivity contribution in [3.8, 4) is 6.07 Å². The van der Waals surface area contributed by atoms with Gasteiger partial charge in [-0.05, 0) is 24.4 Å². The quantitative estimate of drug-likeness (QED) is 0.430. The smallest absolute Gasteiger partial charge is 0.341 e. The van der Waals surface area contributed by atoms with Gasteiger partial charge in [0.2, 0.25) is 0 Å². The zero-order chi connectivity index (χ0) is 19.4. The molecule has 1 aromatic heterocycles. The molecule has 0 aliphatic rings. The largest absolute Gasteiger partial charge is 0.465 e. The van der Waals surface area contributed by atoms with Crippen LogP contribution in [0.5, 0.6) is 0 Å². The minimum Gasteiger partial charge on any atom is -0.465 e. The highest BCUT2D eigenvalue weighted by Gasteiger charge is 2.17. The number of hydrogen-bond donors (Lipinski definition) is 1. The summed E-state index contributed by atoms with van der Waals surface area (Å²) in [4.78, 5) is 24.2. The maximum Gasteiger partial charge on any atom is 0.341 e. The second-order valence-corrected chi connectivity index (χ2v) is 5.76. The first-order chi connectivity index (χ1) is 13.0. The summed E-state index contributed by atoms with van der Waals surface area (Å²) in [5, 5.41) is 14.0. The highest BCUT2D eigenvalue weighted by atomic mass is 16.5. The van der Waals surface area contributed by atoms with Crippen LogP contribution < -0.4 is 5.32 Å². The van der Waals surface area contributed by atoms with E-state index in [-0.39, 0.29) is 16.9 Å². The molecule has 27 heavy (non-hydrogen) atoms. The van der Waals surface area contributed by atoms with Crippen LogP contribution in [-0.2, 0) is 9.53 Å². The fourth-order valence-corrected chi connectivity index (χ4v) is 2.70. The minimum absolute atomic E-state index is 0.145. The van der Waals surface area contributed by atoms with E-state index < -0.39 is 11.9 Å². The maximum atomic E-state index is 12.5. The van der Waals surface area contributed by atoms with Gasteiger partial charge in [0, 0.05) is 17.1 Å². The third-order valence-electron chi connectivity index (χ3n) is 4.03. The van der Waals surface area contributed by atoms with E-state index in [1.54, 1.807) is 13.0 Å². The zero-order valence-corrected chi connectivity index (χ0v) is 14.8. The number of hydrogen-bond acceptors (Lipinski definition) is 5. The van der Waals surface area contributed by atoms with Crippen molar-refractivity contribution in [3.63, 3.8) is 0 Å². The number of nitriles is 1. The number of anilines is 1. The molecule has 0 fully saturated rings. The van der Waals surface area contributed by atoms with Crippen molar-refractivity contribution in [2.45, 2.75) is 6.92 Å². The number of benzene rings is 2. The standard InChI is InChI=1S/C21H16N2O4/c1-13-18(21(25)26-2)11-16(27-13)10-15(12-22)20(24)23-19-9-5-7-14-6-3-4-8-17(14)19/h3-11H,1-2H3,(H,23,24)/b15-10+. The molecule has 1 heterocycles. The summed E-state index contributed by atoms with van der Waals surface area (Å²) in [6, 6.07) is 16.4. The van der Waals surface area contributed by atoms with Crippen LogP contribution in [0.1, 0.15) is 21.9 Å². The second kappa shape index (κ2) is 7.58. The molecular weight excluding hydrogens is 344 g/mol. The number of nitrogens with zero attached hydrogens (tertiary/aromatic N) is 1. The Morgan fingerprint density at radius 2 is 1.93 bits per heavy atom. The number of amides is 1. The Labute approximate surface area is 155 Å². The van der Waals surface area contributed by atoms with E-state index in [1.165, 1.54) is 19.3 Å². The molecule has 6 heteroatoms. The van der Waals surface area contributed by atoms with Crippen molar-refractivity contribution in [3.05, 3.63) is 71.2 Å². The number of furan rings is 1. The first-order valence-corrected chi connectivity index (χ1v) is 8.13.